The molecule has 0 saturated heterocycles. The first kappa shape index (κ1) is 13.2. The van der Waals surface area contributed by atoms with E-state index >= 15 is 0 Å². The highest BCUT2D eigenvalue weighted by Gasteiger charge is 2.12. The van der Waals surface area contributed by atoms with E-state index in [1.807, 2.05) is 0 Å². The molecule has 0 bridgehead atoms. The molecule has 1 aromatic carbocycles. The SMILES string of the molecule is COc1ccc(F)c(NC(=O)c2ccc(Cl)nn2)c1. The molecule has 0 saturated carbocycles. The highest BCUT2D eigenvalue weighted by Crippen LogP contribution is 2.21. The van der Waals surface area contributed by atoms with Crippen molar-refractivity contribution >= 4 is 23.2 Å². The van der Waals surface area contributed by atoms with E-state index in [2.05, 4.69) is 15.5 Å². The van der Waals surface area contributed by atoms with Crippen LogP contribution in [0, 0.1) is 5.82 Å². The van der Waals surface area contributed by atoms with Gasteiger partial charge in [-0.2, -0.15) is 0 Å². The van der Waals surface area contributed by atoms with E-state index in [-0.39, 0.29) is 16.5 Å². The number of ether oxygens (including phenoxy) is 1. The minimum absolute atomic E-state index is 0.00102. The smallest absolute Gasteiger partial charge is 0.276 e. The van der Waals surface area contributed by atoms with Crippen LogP contribution in [0.4, 0.5) is 10.1 Å². The van der Waals surface area contributed by atoms with E-state index in [0.29, 0.717) is 5.75 Å². The van der Waals surface area contributed by atoms with Crippen LogP contribution >= 0.6 is 11.6 Å². The normalized spacial score (nSPS) is 10.1. The highest BCUT2D eigenvalue weighted by molar-refractivity contribution is 6.29. The minimum Gasteiger partial charge on any atom is -0.497 e. The number of hydrogen-bond donors (Lipinski definition) is 1. The summed E-state index contributed by atoms with van der Waals surface area (Å²) in [4.78, 5) is 11.8. The van der Waals surface area contributed by atoms with E-state index < -0.39 is 11.7 Å². The van der Waals surface area contributed by atoms with Crippen LogP contribution in [-0.4, -0.2) is 23.2 Å². The van der Waals surface area contributed by atoms with Crippen molar-refractivity contribution in [3.63, 3.8) is 0 Å². The number of benzene rings is 1. The molecule has 0 aliphatic carbocycles. The highest BCUT2D eigenvalue weighted by atomic mass is 35.5. The van der Waals surface area contributed by atoms with Crippen molar-refractivity contribution in [2.75, 3.05) is 12.4 Å². The summed E-state index contributed by atoms with van der Waals surface area (Å²) in [6.07, 6.45) is 0. The number of hydrogen-bond acceptors (Lipinski definition) is 4. The predicted octanol–water partition coefficient (Wildman–Crippen LogP) is 2.53. The van der Waals surface area contributed by atoms with Crippen molar-refractivity contribution in [3.05, 3.63) is 47.0 Å². The van der Waals surface area contributed by atoms with Gasteiger partial charge in [0, 0.05) is 6.07 Å². The molecule has 19 heavy (non-hydrogen) atoms. The van der Waals surface area contributed by atoms with Crippen molar-refractivity contribution in [2.24, 2.45) is 0 Å². The van der Waals surface area contributed by atoms with Crippen LogP contribution in [0.2, 0.25) is 5.15 Å². The number of amides is 1. The van der Waals surface area contributed by atoms with Gasteiger partial charge in [-0.1, -0.05) is 11.6 Å². The largest absolute Gasteiger partial charge is 0.497 e. The van der Waals surface area contributed by atoms with Gasteiger partial charge in [-0.05, 0) is 24.3 Å². The summed E-state index contributed by atoms with van der Waals surface area (Å²) in [6.45, 7) is 0. The molecule has 1 heterocycles. The number of halogens is 2. The second-order valence-corrected chi connectivity index (χ2v) is 3.93. The van der Waals surface area contributed by atoms with Gasteiger partial charge in [0.05, 0.1) is 12.8 Å². The summed E-state index contributed by atoms with van der Waals surface area (Å²) in [5.74, 6) is -0.730. The van der Waals surface area contributed by atoms with E-state index in [1.165, 1.54) is 37.4 Å². The fourth-order valence-electron chi connectivity index (χ4n) is 1.35. The third-order valence-electron chi connectivity index (χ3n) is 2.29. The van der Waals surface area contributed by atoms with Gasteiger partial charge in [0.1, 0.15) is 11.6 Å². The summed E-state index contributed by atoms with van der Waals surface area (Å²) >= 11 is 5.56. The summed E-state index contributed by atoms with van der Waals surface area (Å²) in [5, 5.41) is 9.68. The van der Waals surface area contributed by atoms with E-state index in [1.54, 1.807) is 0 Å². The van der Waals surface area contributed by atoms with Crippen molar-refractivity contribution in [2.45, 2.75) is 0 Å². The number of anilines is 1. The monoisotopic (exact) mass is 281 g/mol. The van der Waals surface area contributed by atoms with Crippen LogP contribution in [0.25, 0.3) is 0 Å². The van der Waals surface area contributed by atoms with Gasteiger partial charge in [-0.25, -0.2) is 4.39 Å². The maximum Gasteiger partial charge on any atom is 0.276 e. The molecule has 1 N–H and O–H groups in total. The topological polar surface area (TPSA) is 64.1 Å². The lowest BCUT2D eigenvalue weighted by Crippen LogP contribution is -2.15. The van der Waals surface area contributed by atoms with Gasteiger partial charge in [0.2, 0.25) is 0 Å². The molecule has 0 aliphatic heterocycles. The second-order valence-electron chi connectivity index (χ2n) is 3.54. The Hall–Kier alpha value is -2.21. The van der Waals surface area contributed by atoms with Crippen LogP contribution in [0.3, 0.4) is 0 Å². The molecule has 7 heteroatoms. The first-order valence-corrected chi connectivity index (χ1v) is 5.62. The third-order valence-corrected chi connectivity index (χ3v) is 2.49. The third kappa shape index (κ3) is 3.17. The molecular formula is C12H9ClFN3O2. The Labute approximate surface area is 113 Å². The standard InChI is InChI=1S/C12H9ClFN3O2/c1-19-7-2-3-8(14)10(6-7)15-12(18)9-4-5-11(13)17-16-9/h2-6H,1H3,(H,15,18). The molecule has 0 fully saturated rings. The van der Waals surface area contributed by atoms with Crippen LogP contribution in [0.15, 0.2) is 30.3 Å². The van der Waals surface area contributed by atoms with E-state index in [4.69, 9.17) is 16.3 Å². The van der Waals surface area contributed by atoms with Gasteiger partial charge in [0.25, 0.3) is 5.91 Å². The summed E-state index contributed by atoms with van der Waals surface area (Å²) in [6, 6.07) is 6.83. The summed E-state index contributed by atoms with van der Waals surface area (Å²) in [7, 11) is 1.45. The predicted molar refractivity (Wildman–Crippen MR) is 67.9 cm³/mol. The number of methoxy groups -OCH3 is 1. The lowest BCUT2D eigenvalue weighted by Gasteiger charge is -2.07. The van der Waals surface area contributed by atoms with E-state index in [0.717, 1.165) is 0 Å². The van der Waals surface area contributed by atoms with Gasteiger partial charge < -0.3 is 10.1 Å². The average molecular weight is 282 g/mol. The first-order valence-electron chi connectivity index (χ1n) is 5.24. The lowest BCUT2D eigenvalue weighted by molar-refractivity contribution is 0.102. The van der Waals surface area contributed by atoms with Crippen LogP contribution < -0.4 is 10.1 Å². The minimum atomic E-state index is -0.587. The average Bonchev–Trinajstić information content (AvgIpc) is 2.42. The Balaban J connectivity index is 2.21. The van der Waals surface area contributed by atoms with Crippen molar-refractivity contribution in [1.29, 1.82) is 0 Å². The molecule has 2 aromatic rings. The van der Waals surface area contributed by atoms with Crippen LogP contribution in [0.5, 0.6) is 5.75 Å². The zero-order valence-electron chi connectivity index (χ0n) is 9.85. The molecule has 98 valence electrons. The lowest BCUT2D eigenvalue weighted by atomic mass is 10.2. The maximum absolute atomic E-state index is 13.5. The van der Waals surface area contributed by atoms with Gasteiger partial charge >= 0.3 is 0 Å². The van der Waals surface area contributed by atoms with Gasteiger partial charge in [0.15, 0.2) is 10.8 Å². The second kappa shape index (κ2) is 5.62. The Morgan fingerprint density at radius 3 is 2.74 bits per heavy atom. The maximum atomic E-state index is 13.5. The number of nitrogens with one attached hydrogen (secondary N) is 1. The van der Waals surface area contributed by atoms with Crippen molar-refractivity contribution in [1.82, 2.24) is 10.2 Å². The molecule has 5 nitrogen and oxygen atoms in total. The van der Waals surface area contributed by atoms with Crippen molar-refractivity contribution in [3.8, 4) is 5.75 Å². The van der Waals surface area contributed by atoms with E-state index in [9.17, 15) is 9.18 Å². The molecular weight excluding hydrogens is 273 g/mol. The van der Waals surface area contributed by atoms with Gasteiger partial charge in [-0.3, -0.25) is 4.79 Å². The molecule has 0 radical (unpaired) electrons. The van der Waals surface area contributed by atoms with Crippen molar-refractivity contribution < 1.29 is 13.9 Å². The molecule has 0 aliphatic rings. The molecule has 1 aromatic heterocycles. The Morgan fingerprint density at radius 1 is 1.32 bits per heavy atom. The van der Waals surface area contributed by atoms with Crippen LogP contribution in [-0.2, 0) is 0 Å². The number of rotatable bonds is 3. The molecule has 2 rings (SSSR count). The first-order chi connectivity index (χ1) is 9.10. The molecule has 0 spiro atoms. The van der Waals surface area contributed by atoms with Crippen LogP contribution in [0.1, 0.15) is 10.5 Å². The number of nitrogens with zero attached hydrogens (tertiary/aromatic N) is 2. The Kier molecular flexibility index (Phi) is 3.91. The Bertz CT molecular complexity index is 604. The fourth-order valence-corrected chi connectivity index (χ4v) is 1.45. The molecule has 0 atom stereocenters. The quantitative estimate of drug-likeness (QED) is 0.939. The number of carbonyl (C=O) groups is 1. The Morgan fingerprint density at radius 2 is 2.11 bits per heavy atom. The number of carbonyl (C=O) groups excluding carboxylic acids is 1. The summed E-state index contributed by atoms with van der Waals surface area (Å²) < 4.78 is 18.5. The number of aromatic nitrogens is 2. The molecule has 1 amide bonds. The fraction of sp³-hybridized carbons (Fsp3) is 0.0833. The zero-order valence-corrected chi connectivity index (χ0v) is 10.6. The molecule has 0 unspecified atom stereocenters. The summed E-state index contributed by atoms with van der Waals surface area (Å²) in [5.41, 5.74) is 0.0349. The zero-order chi connectivity index (χ0) is 13.8. The van der Waals surface area contributed by atoms with Gasteiger partial charge in [-0.15, -0.1) is 10.2 Å².